The molecule has 0 N–H and O–H groups in total. The van der Waals surface area contributed by atoms with E-state index in [4.69, 9.17) is 0 Å². The highest BCUT2D eigenvalue weighted by atomic mass is 14.3. The lowest BCUT2D eigenvalue weighted by Gasteiger charge is -2.27. The van der Waals surface area contributed by atoms with Crippen LogP contribution in [0.3, 0.4) is 0 Å². The summed E-state index contributed by atoms with van der Waals surface area (Å²) in [6.45, 7) is 9.32. The molecule has 0 bridgehead atoms. The molecule has 0 aromatic heterocycles. The van der Waals surface area contributed by atoms with Gasteiger partial charge in [-0.2, -0.15) is 0 Å². The zero-order valence-electron chi connectivity index (χ0n) is 13.5. The molecule has 0 fully saturated rings. The molecule has 3 rings (SSSR count). The standard InChI is InChI=1S/C21H24/c1-15(2)14-21(3,4)20-10-9-18-11-16-7-5-6-8-17(16)12-19(18)13-20/h5-13,15H,14H2,1-4H3. The average Bonchev–Trinajstić information content (AvgIpc) is 2.43. The molecule has 0 aliphatic heterocycles. The van der Waals surface area contributed by atoms with Gasteiger partial charge in [-0.15, -0.1) is 0 Å². The van der Waals surface area contributed by atoms with Gasteiger partial charge < -0.3 is 0 Å². The van der Waals surface area contributed by atoms with Crippen molar-refractivity contribution in [1.29, 1.82) is 0 Å². The molecule has 0 saturated heterocycles. The van der Waals surface area contributed by atoms with Gasteiger partial charge in [0.15, 0.2) is 0 Å². The Morgan fingerprint density at radius 2 is 1.33 bits per heavy atom. The second-order valence-electron chi connectivity index (χ2n) is 7.24. The molecule has 0 aliphatic carbocycles. The second kappa shape index (κ2) is 5.18. The average molecular weight is 276 g/mol. The van der Waals surface area contributed by atoms with Gasteiger partial charge in [0, 0.05) is 0 Å². The minimum atomic E-state index is 0.230. The third-order valence-corrected chi connectivity index (χ3v) is 4.40. The Morgan fingerprint density at radius 1 is 0.762 bits per heavy atom. The van der Waals surface area contributed by atoms with E-state index in [1.807, 2.05) is 0 Å². The van der Waals surface area contributed by atoms with Crippen molar-refractivity contribution in [1.82, 2.24) is 0 Å². The van der Waals surface area contributed by atoms with Crippen LogP contribution in [0, 0.1) is 5.92 Å². The minimum absolute atomic E-state index is 0.230. The van der Waals surface area contributed by atoms with Crippen molar-refractivity contribution in [3.63, 3.8) is 0 Å². The number of fused-ring (bicyclic) bond motifs is 2. The van der Waals surface area contributed by atoms with Crippen molar-refractivity contribution in [2.45, 2.75) is 39.5 Å². The number of rotatable bonds is 3. The van der Waals surface area contributed by atoms with Gasteiger partial charge in [0.25, 0.3) is 0 Å². The fourth-order valence-corrected chi connectivity index (χ4v) is 3.50. The van der Waals surface area contributed by atoms with Crippen LogP contribution in [-0.4, -0.2) is 0 Å². The molecule has 3 aromatic rings. The molecule has 108 valence electrons. The van der Waals surface area contributed by atoms with Crippen LogP contribution in [0.2, 0.25) is 0 Å². The first-order chi connectivity index (χ1) is 9.95. The van der Waals surface area contributed by atoms with Crippen molar-refractivity contribution < 1.29 is 0 Å². The van der Waals surface area contributed by atoms with E-state index in [0.717, 1.165) is 0 Å². The predicted molar refractivity (Wildman–Crippen MR) is 93.9 cm³/mol. The van der Waals surface area contributed by atoms with E-state index in [1.54, 1.807) is 0 Å². The number of benzene rings is 3. The van der Waals surface area contributed by atoms with Gasteiger partial charge in [-0.3, -0.25) is 0 Å². The Morgan fingerprint density at radius 3 is 1.95 bits per heavy atom. The number of hydrogen-bond donors (Lipinski definition) is 0. The SMILES string of the molecule is CC(C)CC(C)(C)c1ccc2cc3ccccc3cc2c1. The molecule has 0 aliphatic rings. The van der Waals surface area contributed by atoms with Crippen LogP contribution < -0.4 is 0 Å². The third kappa shape index (κ3) is 2.81. The monoisotopic (exact) mass is 276 g/mol. The molecule has 0 nitrogen and oxygen atoms in total. The maximum Gasteiger partial charge on any atom is -0.0101 e. The first kappa shape index (κ1) is 14.1. The van der Waals surface area contributed by atoms with Gasteiger partial charge in [0.1, 0.15) is 0 Å². The van der Waals surface area contributed by atoms with Crippen LogP contribution in [0.1, 0.15) is 39.7 Å². The highest BCUT2D eigenvalue weighted by Gasteiger charge is 2.22. The van der Waals surface area contributed by atoms with Gasteiger partial charge in [0.2, 0.25) is 0 Å². The molecule has 0 radical (unpaired) electrons. The van der Waals surface area contributed by atoms with Gasteiger partial charge >= 0.3 is 0 Å². The molecule has 0 heterocycles. The molecule has 21 heavy (non-hydrogen) atoms. The summed E-state index contributed by atoms with van der Waals surface area (Å²) in [5.41, 5.74) is 1.67. The lowest BCUT2D eigenvalue weighted by molar-refractivity contribution is 0.400. The third-order valence-electron chi connectivity index (χ3n) is 4.40. The van der Waals surface area contributed by atoms with Crippen molar-refractivity contribution in [3.8, 4) is 0 Å². The van der Waals surface area contributed by atoms with Crippen molar-refractivity contribution in [3.05, 3.63) is 60.2 Å². The molecular formula is C21H24. The van der Waals surface area contributed by atoms with E-state index in [1.165, 1.54) is 33.5 Å². The summed E-state index contributed by atoms with van der Waals surface area (Å²) in [5.74, 6) is 0.715. The summed E-state index contributed by atoms with van der Waals surface area (Å²) < 4.78 is 0. The van der Waals surface area contributed by atoms with Crippen LogP contribution >= 0.6 is 0 Å². The van der Waals surface area contributed by atoms with Crippen molar-refractivity contribution in [2.24, 2.45) is 5.92 Å². The number of hydrogen-bond acceptors (Lipinski definition) is 0. The van der Waals surface area contributed by atoms with Crippen LogP contribution in [0.4, 0.5) is 0 Å². The van der Waals surface area contributed by atoms with Crippen molar-refractivity contribution >= 4 is 21.5 Å². The summed E-state index contributed by atoms with van der Waals surface area (Å²) in [7, 11) is 0. The summed E-state index contributed by atoms with van der Waals surface area (Å²) >= 11 is 0. The fourth-order valence-electron chi connectivity index (χ4n) is 3.50. The Labute approximate surface area is 127 Å². The fraction of sp³-hybridized carbons (Fsp3) is 0.333. The minimum Gasteiger partial charge on any atom is -0.0627 e. The van der Waals surface area contributed by atoms with Gasteiger partial charge in [-0.05, 0) is 57.0 Å². The molecule has 0 unspecified atom stereocenters. The Kier molecular flexibility index (Phi) is 3.49. The first-order valence-corrected chi connectivity index (χ1v) is 7.89. The van der Waals surface area contributed by atoms with Crippen LogP contribution in [0.15, 0.2) is 54.6 Å². The largest absolute Gasteiger partial charge is 0.0627 e. The Bertz CT molecular complexity index is 778. The topological polar surface area (TPSA) is 0 Å². The molecule has 0 spiro atoms. The summed E-state index contributed by atoms with van der Waals surface area (Å²) in [5, 5.41) is 5.32. The van der Waals surface area contributed by atoms with Crippen LogP contribution in [0.25, 0.3) is 21.5 Å². The Balaban J connectivity index is 2.13. The van der Waals surface area contributed by atoms with Crippen LogP contribution in [0.5, 0.6) is 0 Å². The van der Waals surface area contributed by atoms with Gasteiger partial charge in [0.05, 0.1) is 0 Å². The maximum absolute atomic E-state index is 2.38. The van der Waals surface area contributed by atoms with E-state index < -0.39 is 0 Å². The second-order valence-corrected chi connectivity index (χ2v) is 7.24. The quantitative estimate of drug-likeness (QED) is 0.491. The zero-order valence-corrected chi connectivity index (χ0v) is 13.5. The first-order valence-electron chi connectivity index (χ1n) is 7.89. The molecule has 0 amide bonds. The predicted octanol–water partition coefficient (Wildman–Crippen LogP) is 6.32. The maximum atomic E-state index is 2.38. The smallest absolute Gasteiger partial charge is 0.0101 e. The summed E-state index contributed by atoms with van der Waals surface area (Å²) in [6, 6.07) is 20.2. The van der Waals surface area contributed by atoms with Crippen LogP contribution in [-0.2, 0) is 5.41 Å². The molecule has 0 saturated carbocycles. The van der Waals surface area contributed by atoms with Gasteiger partial charge in [-0.1, -0.05) is 70.2 Å². The summed E-state index contributed by atoms with van der Waals surface area (Å²) in [4.78, 5) is 0. The highest BCUT2D eigenvalue weighted by molar-refractivity contribution is 5.98. The molecule has 0 heteroatoms. The molecular weight excluding hydrogens is 252 g/mol. The normalized spacial score (nSPS) is 12.4. The van der Waals surface area contributed by atoms with E-state index in [-0.39, 0.29) is 5.41 Å². The lowest BCUT2D eigenvalue weighted by Crippen LogP contribution is -2.19. The molecule has 3 aromatic carbocycles. The van der Waals surface area contributed by atoms with E-state index >= 15 is 0 Å². The van der Waals surface area contributed by atoms with E-state index in [9.17, 15) is 0 Å². The lowest BCUT2D eigenvalue weighted by atomic mass is 9.77. The highest BCUT2D eigenvalue weighted by Crippen LogP contribution is 2.33. The Hall–Kier alpha value is -1.82. The molecule has 0 atom stereocenters. The van der Waals surface area contributed by atoms with E-state index in [0.29, 0.717) is 5.92 Å². The van der Waals surface area contributed by atoms with Gasteiger partial charge in [-0.25, -0.2) is 0 Å². The van der Waals surface area contributed by atoms with Crippen molar-refractivity contribution in [2.75, 3.05) is 0 Å². The van der Waals surface area contributed by atoms with E-state index in [2.05, 4.69) is 82.3 Å². The zero-order chi connectivity index (χ0) is 15.0. The summed E-state index contributed by atoms with van der Waals surface area (Å²) in [6.07, 6.45) is 1.21.